The lowest BCUT2D eigenvalue weighted by Gasteiger charge is -2.09. The maximum atomic E-state index is 9.08. The molecule has 3 heteroatoms. The molecule has 1 fully saturated rings. The Labute approximate surface area is 126 Å². The summed E-state index contributed by atoms with van der Waals surface area (Å²) in [5.41, 5.74) is 3.35. The maximum absolute atomic E-state index is 9.08. The average molecular weight is 281 g/mol. The van der Waals surface area contributed by atoms with E-state index in [2.05, 4.69) is 45.3 Å². The molecule has 1 aromatic carbocycles. The Balaban J connectivity index is 2.19. The average Bonchev–Trinajstić information content (AvgIpc) is 2.70. The van der Waals surface area contributed by atoms with Crippen LogP contribution in [0.1, 0.15) is 58.3 Å². The minimum Gasteiger partial charge on any atom is -0.328 e. The van der Waals surface area contributed by atoms with E-state index >= 15 is 0 Å². The summed E-state index contributed by atoms with van der Waals surface area (Å²) in [5, 5.41) is 9.08. The first-order chi connectivity index (χ1) is 9.84. The molecule has 0 amide bonds. The number of nitriles is 1. The predicted molar refractivity (Wildman–Crippen MR) is 85.0 cm³/mol. The minimum atomic E-state index is 0.276. The molecule has 1 aliphatic rings. The van der Waals surface area contributed by atoms with Crippen molar-refractivity contribution < 1.29 is 0 Å². The van der Waals surface area contributed by atoms with Crippen LogP contribution in [-0.4, -0.2) is 9.55 Å². The van der Waals surface area contributed by atoms with Crippen LogP contribution in [0.4, 0.5) is 0 Å². The molecule has 0 atom stereocenters. The molecule has 1 aromatic heterocycles. The molecular weight excluding hydrogens is 258 g/mol. The SMILES string of the molecule is CCCn1c(C2C(C)(C)C2(C)C)nc2cc(C#N)ccc21. The highest BCUT2D eigenvalue weighted by Gasteiger charge is 2.67. The van der Waals surface area contributed by atoms with Gasteiger partial charge in [0.25, 0.3) is 0 Å². The summed E-state index contributed by atoms with van der Waals surface area (Å²) in [7, 11) is 0. The van der Waals surface area contributed by atoms with Crippen LogP contribution >= 0.6 is 0 Å². The lowest BCUT2D eigenvalue weighted by Crippen LogP contribution is -2.05. The van der Waals surface area contributed by atoms with Crippen molar-refractivity contribution in [1.82, 2.24) is 9.55 Å². The summed E-state index contributed by atoms with van der Waals surface area (Å²) >= 11 is 0. The van der Waals surface area contributed by atoms with E-state index in [-0.39, 0.29) is 10.8 Å². The number of nitrogens with zero attached hydrogens (tertiary/aromatic N) is 3. The third-order valence-corrected chi connectivity index (χ3v) is 5.63. The maximum Gasteiger partial charge on any atom is 0.114 e. The predicted octanol–water partition coefficient (Wildman–Crippen LogP) is 4.47. The Morgan fingerprint density at radius 1 is 1.24 bits per heavy atom. The van der Waals surface area contributed by atoms with Gasteiger partial charge >= 0.3 is 0 Å². The fourth-order valence-electron chi connectivity index (χ4n) is 3.74. The van der Waals surface area contributed by atoms with Gasteiger partial charge in [-0.3, -0.25) is 0 Å². The minimum absolute atomic E-state index is 0.276. The molecule has 0 saturated heterocycles. The summed E-state index contributed by atoms with van der Waals surface area (Å²) < 4.78 is 2.36. The Bertz CT molecular complexity index is 730. The monoisotopic (exact) mass is 281 g/mol. The molecule has 0 unspecified atom stereocenters. The van der Waals surface area contributed by atoms with E-state index in [1.54, 1.807) is 0 Å². The summed E-state index contributed by atoms with van der Waals surface area (Å²) in [6.45, 7) is 12.5. The highest BCUT2D eigenvalue weighted by atomic mass is 15.1. The van der Waals surface area contributed by atoms with Gasteiger partial charge in [-0.2, -0.15) is 5.26 Å². The highest BCUT2D eigenvalue weighted by Crippen LogP contribution is 2.73. The van der Waals surface area contributed by atoms with E-state index in [1.807, 2.05) is 18.2 Å². The van der Waals surface area contributed by atoms with Crippen molar-refractivity contribution in [3.05, 3.63) is 29.6 Å². The van der Waals surface area contributed by atoms with Crippen LogP contribution in [0.5, 0.6) is 0 Å². The van der Waals surface area contributed by atoms with E-state index in [1.165, 1.54) is 5.82 Å². The molecule has 3 rings (SSSR count). The topological polar surface area (TPSA) is 41.6 Å². The van der Waals surface area contributed by atoms with Crippen LogP contribution in [0.3, 0.4) is 0 Å². The summed E-state index contributed by atoms with van der Waals surface area (Å²) in [6.07, 6.45) is 1.09. The molecular formula is C18H23N3. The zero-order valence-electron chi connectivity index (χ0n) is 13.6. The van der Waals surface area contributed by atoms with Crippen LogP contribution < -0.4 is 0 Å². The van der Waals surface area contributed by atoms with Gasteiger partial charge in [0.2, 0.25) is 0 Å². The third-order valence-electron chi connectivity index (χ3n) is 5.63. The first-order valence-corrected chi connectivity index (χ1v) is 7.75. The van der Waals surface area contributed by atoms with E-state index in [0.29, 0.717) is 11.5 Å². The van der Waals surface area contributed by atoms with Crippen molar-refractivity contribution >= 4 is 11.0 Å². The van der Waals surface area contributed by atoms with Crippen molar-refractivity contribution in [1.29, 1.82) is 5.26 Å². The number of fused-ring (bicyclic) bond motifs is 1. The zero-order valence-corrected chi connectivity index (χ0v) is 13.6. The third kappa shape index (κ3) is 1.82. The van der Waals surface area contributed by atoms with Gasteiger partial charge in [0.05, 0.1) is 22.7 Å². The van der Waals surface area contributed by atoms with Gasteiger partial charge in [0, 0.05) is 12.5 Å². The summed E-state index contributed by atoms with van der Waals surface area (Å²) in [4.78, 5) is 4.90. The van der Waals surface area contributed by atoms with Gasteiger partial charge in [-0.1, -0.05) is 34.6 Å². The molecule has 21 heavy (non-hydrogen) atoms. The van der Waals surface area contributed by atoms with Crippen LogP contribution in [0.2, 0.25) is 0 Å². The Hall–Kier alpha value is -1.82. The number of imidazole rings is 1. The number of hydrogen-bond donors (Lipinski definition) is 0. The second-order valence-electron chi connectivity index (χ2n) is 7.31. The van der Waals surface area contributed by atoms with Gasteiger partial charge in [0.15, 0.2) is 0 Å². The smallest absolute Gasteiger partial charge is 0.114 e. The van der Waals surface area contributed by atoms with Crippen molar-refractivity contribution in [3.8, 4) is 6.07 Å². The van der Waals surface area contributed by atoms with Crippen LogP contribution in [0.15, 0.2) is 18.2 Å². The van der Waals surface area contributed by atoms with Crippen LogP contribution in [0, 0.1) is 22.2 Å². The molecule has 1 saturated carbocycles. The van der Waals surface area contributed by atoms with Gasteiger partial charge in [-0.25, -0.2) is 4.98 Å². The molecule has 1 heterocycles. The fourth-order valence-corrected chi connectivity index (χ4v) is 3.74. The zero-order chi connectivity index (χ0) is 15.4. The molecule has 2 aromatic rings. The number of rotatable bonds is 3. The van der Waals surface area contributed by atoms with Crippen molar-refractivity contribution in [3.63, 3.8) is 0 Å². The largest absolute Gasteiger partial charge is 0.328 e. The Morgan fingerprint density at radius 2 is 1.90 bits per heavy atom. The highest BCUT2D eigenvalue weighted by molar-refractivity contribution is 5.78. The Morgan fingerprint density at radius 3 is 2.43 bits per heavy atom. The van der Waals surface area contributed by atoms with Gasteiger partial charge in [0.1, 0.15) is 5.82 Å². The summed E-state index contributed by atoms with van der Waals surface area (Å²) in [5.74, 6) is 1.67. The van der Waals surface area contributed by atoms with E-state index in [0.717, 1.165) is 24.0 Å². The molecule has 3 nitrogen and oxygen atoms in total. The number of aryl methyl sites for hydroxylation is 1. The lowest BCUT2D eigenvalue weighted by atomic mass is 10.0. The van der Waals surface area contributed by atoms with Crippen LogP contribution in [0.25, 0.3) is 11.0 Å². The Kier molecular flexibility index (Phi) is 2.92. The molecule has 0 bridgehead atoms. The number of benzene rings is 1. The van der Waals surface area contributed by atoms with Crippen LogP contribution in [-0.2, 0) is 6.54 Å². The van der Waals surface area contributed by atoms with E-state index < -0.39 is 0 Å². The molecule has 0 spiro atoms. The van der Waals surface area contributed by atoms with Gasteiger partial charge in [-0.05, 0) is 35.4 Å². The first-order valence-electron chi connectivity index (χ1n) is 7.75. The fraction of sp³-hybridized carbons (Fsp3) is 0.556. The van der Waals surface area contributed by atoms with Crippen molar-refractivity contribution in [2.75, 3.05) is 0 Å². The molecule has 0 aliphatic heterocycles. The molecule has 0 N–H and O–H groups in total. The quantitative estimate of drug-likeness (QED) is 0.833. The first kappa shape index (κ1) is 14.1. The second-order valence-corrected chi connectivity index (χ2v) is 7.31. The molecule has 1 aliphatic carbocycles. The molecule has 0 radical (unpaired) electrons. The van der Waals surface area contributed by atoms with Gasteiger partial charge in [-0.15, -0.1) is 0 Å². The standard InChI is InChI=1S/C18H23N3/c1-6-9-21-14-8-7-12(11-19)10-13(14)20-16(21)15-17(2,3)18(15,4)5/h7-8,10,15H,6,9H2,1-5H3. The van der Waals surface area contributed by atoms with Gasteiger partial charge < -0.3 is 4.57 Å². The normalized spacial score (nSPS) is 19.6. The second kappa shape index (κ2) is 4.34. The number of aromatic nitrogens is 2. The van der Waals surface area contributed by atoms with E-state index in [4.69, 9.17) is 10.2 Å². The lowest BCUT2D eigenvalue weighted by molar-refractivity contribution is 0.457. The number of hydrogen-bond acceptors (Lipinski definition) is 2. The summed E-state index contributed by atoms with van der Waals surface area (Å²) in [6, 6.07) is 8.05. The van der Waals surface area contributed by atoms with Crippen molar-refractivity contribution in [2.24, 2.45) is 10.8 Å². The molecule has 110 valence electrons. The van der Waals surface area contributed by atoms with E-state index in [9.17, 15) is 0 Å². The van der Waals surface area contributed by atoms with Crippen molar-refractivity contribution in [2.45, 2.75) is 53.5 Å².